The standard InChI is InChI=1S/C20H33N3O3.HI/c1-5-21-20(22-12-6-14-26-15-16(2)3)23-13-11-17-7-9-18(10-8-17)19(24)25-4;/h7-10,16H,5-6,11-15H2,1-4H3,(H2,21,22,23);1H. The molecule has 0 aliphatic carbocycles. The van der Waals surface area contributed by atoms with Gasteiger partial charge in [0.1, 0.15) is 0 Å². The third-order valence-electron chi connectivity index (χ3n) is 3.59. The smallest absolute Gasteiger partial charge is 0.337 e. The number of nitrogens with one attached hydrogen (secondary N) is 2. The maximum atomic E-state index is 11.4. The third-order valence-corrected chi connectivity index (χ3v) is 3.59. The number of ether oxygens (including phenoxy) is 2. The van der Waals surface area contributed by atoms with Gasteiger partial charge in [-0.25, -0.2) is 4.79 Å². The Hall–Kier alpha value is -1.35. The van der Waals surface area contributed by atoms with Crippen molar-refractivity contribution in [3.63, 3.8) is 0 Å². The van der Waals surface area contributed by atoms with Crippen LogP contribution in [0.4, 0.5) is 0 Å². The molecule has 6 nitrogen and oxygen atoms in total. The summed E-state index contributed by atoms with van der Waals surface area (Å²) in [5, 5.41) is 6.58. The highest BCUT2D eigenvalue weighted by atomic mass is 127. The number of methoxy groups -OCH3 is 1. The van der Waals surface area contributed by atoms with E-state index in [2.05, 4.69) is 36.4 Å². The summed E-state index contributed by atoms with van der Waals surface area (Å²) in [6, 6.07) is 7.48. The molecule has 0 unspecified atom stereocenters. The predicted octanol–water partition coefficient (Wildman–Crippen LogP) is 3.25. The number of hydrogen-bond donors (Lipinski definition) is 2. The number of hydrogen-bond acceptors (Lipinski definition) is 4. The average molecular weight is 491 g/mol. The van der Waals surface area contributed by atoms with Crippen molar-refractivity contribution in [3.05, 3.63) is 35.4 Å². The van der Waals surface area contributed by atoms with Gasteiger partial charge in [-0.3, -0.25) is 4.99 Å². The molecule has 0 heterocycles. The van der Waals surface area contributed by atoms with Crippen LogP contribution in [0.5, 0.6) is 0 Å². The van der Waals surface area contributed by atoms with Gasteiger partial charge in [-0.15, -0.1) is 24.0 Å². The number of carbonyl (C=O) groups is 1. The van der Waals surface area contributed by atoms with Crippen molar-refractivity contribution < 1.29 is 14.3 Å². The van der Waals surface area contributed by atoms with Crippen molar-refractivity contribution >= 4 is 35.9 Å². The second-order valence-corrected chi connectivity index (χ2v) is 6.45. The Morgan fingerprint density at radius 2 is 1.89 bits per heavy atom. The van der Waals surface area contributed by atoms with Gasteiger partial charge in [0, 0.05) is 32.8 Å². The molecule has 2 N–H and O–H groups in total. The van der Waals surface area contributed by atoms with Crippen LogP contribution in [0.15, 0.2) is 29.3 Å². The van der Waals surface area contributed by atoms with Crippen LogP contribution in [0.1, 0.15) is 43.1 Å². The van der Waals surface area contributed by atoms with Crippen molar-refractivity contribution in [2.75, 3.05) is 40.0 Å². The van der Waals surface area contributed by atoms with Crippen molar-refractivity contribution in [2.24, 2.45) is 10.9 Å². The monoisotopic (exact) mass is 491 g/mol. The predicted molar refractivity (Wildman–Crippen MR) is 121 cm³/mol. The summed E-state index contributed by atoms with van der Waals surface area (Å²) in [6.45, 7) is 10.2. The van der Waals surface area contributed by atoms with Crippen LogP contribution >= 0.6 is 24.0 Å². The van der Waals surface area contributed by atoms with Crippen LogP contribution in [0, 0.1) is 5.92 Å². The van der Waals surface area contributed by atoms with Crippen LogP contribution in [0.3, 0.4) is 0 Å². The average Bonchev–Trinajstić information content (AvgIpc) is 2.64. The lowest BCUT2D eigenvalue weighted by atomic mass is 10.1. The number of carbonyl (C=O) groups excluding carboxylic acids is 1. The minimum atomic E-state index is -0.311. The number of guanidine groups is 1. The molecule has 0 radical (unpaired) electrons. The molecule has 0 aliphatic rings. The lowest BCUT2D eigenvalue weighted by molar-refractivity contribution is 0.0600. The summed E-state index contributed by atoms with van der Waals surface area (Å²) in [4.78, 5) is 16.0. The highest BCUT2D eigenvalue weighted by Crippen LogP contribution is 2.06. The van der Waals surface area contributed by atoms with Gasteiger partial charge in [0.25, 0.3) is 0 Å². The molecule has 27 heavy (non-hydrogen) atoms. The van der Waals surface area contributed by atoms with Crippen LogP contribution in [0.25, 0.3) is 0 Å². The van der Waals surface area contributed by atoms with Gasteiger partial charge >= 0.3 is 5.97 Å². The zero-order valence-electron chi connectivity index (χ0n) is 16.9. The normalized spacial score (nSPS) is 11.1. The van der Waals surface area contributed by atoms with Gasteiger partial charge < -0.3 is 20.1 Å². The fourth-order valence-corrected chi connectivity index (χ4v) is 2.27. The zero-order chi connectivity index (χ0) is 19.2. The van der Waals surface area contributed by atoms with Crippen molar-refractivity contribution in [2.45, 2.75) is 33.6 Å². The Labute approximate surface area is 180 Å². The summed E-state index contributed by atoms with van der Waals surface area (Å²) in [5.41, 5.74) is 1.72. The summed E-state index contributed by atoms with van der Waals surface area (Å²) in [7, 11) is 1.39. The van der Waals surface area contributed by atoms with E-state index in [1.54, 1.807) is 12.1 Å². The first-order chi connectivity index (χ1) is 12.6. The second kappa shape index (κ2) is 15.7. The summed E-state index contributed by atoms with van der Waals surface area (Å²) in [6.07, 6.45) is 1.77. The van der Waals surface area contributed by atoms with Crippen molar-refractivity contribution in [3.8, 4) is 0 Å². The van der Waals surface area contributed by atoms with Crippen LogP contribution in [-0.4, -0.2) is 51.9 Å². The minimum absolute atomic E-state index is 0. The first-order valence-electron chi connectivity index (χ1n) is 9.34. The van der Waals surface area contributed by atoms with Crippen LogP contribution < -0.4 is 10.6 Å². The molecule has 0 saturated carbocycles. The van der Waals surface area contributed by atoms with E-state index < -0.39 is 0 Å². The Morgan fingerprint density at radius 1 is 1.19 bits per heavy atom. The number of aliphatic imine (C=N–C) groups is 1. The topological polar surface area (TPSA) is 72.0 Å². The molecule has 154 valence electrons. The quantitative estimate of drug-likeness (QED) is 0.164. The van der Waals surface area contributed by atoms with E-state index in [0.717, 1.165) is 57.2 Å². The lowest BCUT2D eigenvalue weighted by Gasteiger charge is -2.11. The molecule has 0 amide bonds. The van der Waals surface area contributed by atoms with Gasteiger partial charge in [-0.05, 0) is 43.4 Å². The maximum Gasteiger partial charge on any atom is 0.337 e. The molecule has 0 aliphatic heterocycles. The molecule has 0 aromatic heterocycles. The van der Waals surface area contributed by atoms with Gasteiger partial charge in [0.2, 0.25) is 0 Å². The molecule has 0 atom stereocenters. The highest BCUT2D eigenvalue weighted by molar-refractivity contribution is 14.0. The molecule has 0 spiro atoms. The number of nitrogens with zero attached hydrogens (tertiary/aromatic N) is 1. The van der Waals surface area contributed by atoms with Crippen molar-refractivity contribution in [1.29, 1.82) is 0 Å². The first-order valence-corrected chi connectivity index (χ1v) is 9.34. The first kappa shape index (κ1) is 25.6. The summed E-state index contributed by atoms with van der Waals surface area (Å²) >= 11 is 0. The Balaban J connectivity index is 0.00000676. The Kier molecular flexibility index (Phi) is 14.9. The van der Waals surface area contributed by atoms with Gasteiger partial charge in [0.05, 0.1) is 12.7 Å². The highest BCUT2D eigenvalue weighted by Gasteiger charge is 2.04. The fraction of sp³-hybridized carbons (Fsp3) is 0.600. The molecule has 7 heteroatoms. The van der Waals surface area contributed by atoms with Gasteiger partial charge in [-0.2, -0.15) is 0 Å². The third kappa shape index (κ3) is 11.9. The van der Waals surface area contributed by atoms with E-state index in [1.807, 2.05) is 12.1 Å². The molecule has 0 saturated heterocycles. The van der Waals surface area contributed by atoms with E-state index in [-0.39, 0.29) is 29.9 Å². The van der Waals surface area contributed by atoms with E-state index in [4.69, 9.17) is 9.47 Å². The largest absolute Gasteiger partial charge is 0.465 e. The number of esters is 1. The summed E-state index contributed by atoms with van der Waals surface area (Å²) < 4.78 is 10.3. The maximum absolute atomic E-state index is 11.4. The Bertz CT molecular complexity index is 548. The SMILES string of the molecule is CCNC(=NCCCOCC(C)C)NCCc1ccc(C(=O)OC)cc1.I. The molecule has 1 rings (SSSR count). The van der Waals surface area contributed by atoms with E-state index in [0.29, 0.717) is 11.5 Å². The molecule has 0 bridgehead atoms. The van der Waals surface area contributed by atoms with Crippen molar-refractivity contribution in [1.82, 2.24) is 10.6 Å². The molecular formula is C20H34IN3O3. The van der Waals surface area contributed by atoms with Gasteiger partial charge in [-0.1, -0.05) is 26.0 Å². The van der Waals surface area contributed by atoms with Gasteiger partial charge in [0.15, 0.2) is 5.96 Å². The minimum Gasteiger partial charge on any atom is -0.465 e. The van der Waals surface area contributed by atoms with Crippen LogP contribution in [0.2, 0.25) is 0 Å². The number of halogens is 1. The fourth-order valence-electron chi connectivity index (χ4n) is 2.27. The van der Waals surface area contributed by atoms with Crippen LogP contribution in [-0.2, 0) is 15.9 Å². The molecule has 1 aromatic rings. The second-order valence-electron chi connectivity index (χ2n) is 6.45. The molecule has 0 fully saturated rings. The lowest BCUT2D eigenvalue weighted by Crippen LogP contribution is -2.38. The number of benzene rings is 1. The zero-order valence-corrected chi connectivity index (χ0v) is 19.2. The van der Waals surface area contributed by atoms with E-state index in [9.17, 15) is 4.79 Å². The Morgan fingerprint density at radius 3 is 2.48 bits per heavy atom. The molecular weight excluding hydrogens is 457 g/mol. The molecule has 1 aromatic carbocycles. The van der Waals surface area contributed by atoms with E-state index >= 15 is 0 Å². The summed E-state index contributed by atoms with van der Waals surface area (Å²) in [5.74, 6) is 1.08. The van der Waals surface area contributed by atoms with E-state index in [1.165, 1.54) is 7.11 Å². The number of rotatable bonds is 11.